The standard InChI is InChI=1S/C16H22N2O3/c1-10(11-5-6-14-15(8-11)21-9-20-14)18-16(19)12-3-2-4-13(17)7-12/h5-6,8,10,12-13H,2-4,7,9,17H2,1H3,(H,18,19). The summed E-state index contributed by atoms with van der Waals surface area (Å²) in [5, 5.41) is 3.09. The number of benzene rings is 1. The van der Waals surface area contributed by atoms with Gasteiger partial charge in [0.25, 0.3) is 0 Å². The molecule has 3 rings (SSSR count). The van der Waals surface area contributed by atoms with E-state index in [4.69, 9.17) is 15.2 Å². The van der Waals surface area contributed by atoms with Crippen molar-refractivity contribution in [2.75, 3.05) is 6.79 Å². The predicted octanol–water partition coefficient (Wildman–Crippen LogP) is 2.11. The van der Waals surface area contributed by atoms with Crippen molar-refractivity contribution in [3.63, 3.8) is 0 Å². The minimum Gasteiger partial charge on any atom is -0.454 e. The number of carbonyl (C=O) groups is 1. The fraction of sp³-hybridized carbons (Fsp3) is 0.562. The summed E-state index contributed by atoms with van der Waals surface area (Å²) in [4.78, 5) is 12.3. The first kappa shape index (κ1) is 14.2. The van der Waals surface area contributed by atoms with Crippen LogP contribution in [0.3, 0.4) is 0 Å². The topological polar surface area (TPSA) is 73.6 Å². The maximum Gasteiger partial charge on any atom is 0.231 e. The zero-order chi connectivity index (χ0) is 14.8. The van der Waals surface area contributed by atoms with Crippen molar-refractivity contribution in [3.05, 3.63) is 23.8 Å². The number of nitrogens with two attached hydrogens (primary N) is 1. The van der Waals surface area contributed by atoms with Crippen LogP contribution in [0.1, 0.15) is 44.2 Å². The van der Waals surface area contributed by atoms with Crippen LogP contribution < -0.4 is 20.5 Å². The first-order valence-electron chi connectivity index (χ1n) is 7.59. The van der Waals surface area contributed by atoms with Gasteiger partial charge in [-0.1, -0.05) is 12.5 Å². The van der Waals surface area contributed by atoms with E-state index in [0.29, 0.717) is 0 Å². The van der Waals surface area contributed by atoms with E-state index in [9.17, 15) is 4.79 Å². The molecule has 1 aliphatic carbocycles. The molecule has 1 aromatic carbocycles. The molecule has 0 radical (unpaired) electrons. The van der Waals surface area contributed by atoms with Crippen LogP contribution in [0, 0.1) is 5.92 Å². The molecule has 5 heteroatoms. The van der Waals surface area contributed by atoms with E-state index >= 15 is 0 Å². The fourth-order valence-electron chi connectivity index (χ4n) is 3.06. The maximum absolute atomic E-state index is 12.3. The maximum atomic E-state index is 12.3. The molecule has 0 bridgehead atoms. The Bertz CT molecular complexity index is 532. The number of hydrogen-bond donors (Lipinski definition) is 2. The largest absolute Gasteiger partial charge is 0.454 e. The minimum absolute atomic E-state index is 0.0465. The molecule has 1 aliphatic heterocycles. The quantitative estimate of drug-likeness (QED) is 0.894. The molecule has 114 valence electrons. The molecule has 1 fully saturated rings. The molecular formula is C16H22N2O3. The average Bonchev–Trinajstić information content (AvgIpc) is 2.94. The highest BCUT2D eigenvalue weighted by Gasteiger charge is 2.26. The van der Waals surface area contributed by atoms with Crippen molar-refractivity contribution in [2.24, 2.45) is 11.7 Å². The van der Waals surface area contributed by atoms with Gasteiger partial charge in [-0.15, -0.1) is 0 Å². The van der Waals surface area contributed by atoms with Gasteiger partial charge >= 0.3 is 0 Å². The van der Waals surface area contributed by atoms with Gasteiger partial charge in [-0.3, -0.25) is 4.79 Å². The molecule has 1 saturated carbocycles. The zero-order valence-corrected chi connectivity index (χ0v) is 12.3. The Hall–Kier alpha value is -1.75. The van der Waals surface area contributed by atoms with E-state index in [0.717, 1.165) is 42.7 Å². The zero-order valence-electron chi connectivity index (χ0n) is 12.3. The summed E-state index contributed by atoms with van der Waals surface area (Å²) in [6.45, 7) is 2.25. The lowest BCUT2D eigenvalue weighted by Gasteiger charge is -2.27. The summed E-state index contributed by atoms with van der Waals surface area (Å²) in [6.07, 6.45) is 3.80. The second-order valence-corrected chi connectivity index (χ2v) is 5.97. The Morgan fingerprint density at radius 1 is 1.33 bits per heavy atom. The summed E-state index contributed by atoms with van der Waals surface area (Å²) < 4.78 is 10.7. The van der Waals surface area contributed by atoms with Crippen molar-refractivity contribution in [3.8, 4) is 11.5 Å². The minimum atomic E-state index is -0.0508. The Kier molecular flexibility index (Phi) is 4.01. The Morgan fingerprint density at radius 3 is 2.95 bits per heavy atom. The van der Waals surface area contributed by atoms with Gasteiger partial charge in [0, 0.05) is 12.0 Å². The molecule has 21 heavy (non-hydrogen) atoms. The monoisotopic (exact) mass is 290 g/mol. The number of fused-ring (bicyclic) bond motifs is 1. The highest BCUT2D eigenvalue weighted by molar-refractivity contribution is 5.79. The summed E-state index contributed by atoms with van der Waals surface area (Å²) in [5.74, 6) is 1.66. The van der Waals surface area contributed by atoms with Crippen molar-refractivity contribution in [1.29, 1.82) is 0 Å². The SMILES string of the molecule is CC(NC(=O)C1CCCC(N)C1)c1ccc2c(c1)OCO2. The molecular weight excluding hydrogens is 268 g/mol. The number of nitrogens with one attached hydrogen (secondary N) is 1. The van der Waals surface area contributed by atoms with Crippen molar-refractivity contribution in [2.45, 2.75) is 44.7 Å². The van der Waals surface area contributed by atoms with Crippen molar-refractivity contribution in [1.82, 2.24) is 5.32 Å². The van der Waals surface area contributed by atoms with E-state index in [2.05, 4.69) is 5.32 Å². The molecule has 1 amide bonds. The molecule has 0 aromatic heterocycles. The second kappa shape index (κ2) is 5.93. The lowest BCUT2D eigenvalue weighted by molar-refractivity contribution is -0.126. The lowest BCUT2D eigenvalue weighted by atomic mass is 9.85. The Labute approximate surface area is 124 Å². The predicted molar refractivity (Wildman–Crippen MR) is 79.1 cm³/mol. The van der Waals surface area contributed by atoms with Crippen LogP contribution in [-0.2, 0) is 4.79 Å². The van der Waals surface area contributed by atoms with Crippen LogP contribution in [0.2, 0.25) is 0 Å². The summed E-state index contributed by atoms with van der Waals surface area (Å²) in [7, 11) is 0. The normalized spacial score (nSPS) is 25.4. The molecule has 0 saturated heterocycles. The summed E-state index contributed by atoms with van der Waals surface area (Å²) in [5.41, 5.74) is 6.98. The Morgan fingerprint density at radius 2 is 2.14 bits per heavy atom. The molecule has 0 spiro atoms. The highest BCUT2D eigenvalue weighted by atomic mass is 16.7. The van der Waals surface area contributed by atoms with Gasteiger partial charge in [0.05, 0.1) is 6.04 Å². The van der Waals surface area contributed by atoms with Gasteiger partial charge in [-0.2, -0.15) is 0 Å². The van der Waals surface area contributed by atoms with E-state index < -0.39 is 0 Å². The van der Waals surface area contributed by atoms with E-state index in [1.54, 1.807) is 0 Å². The third-order valence-electron chi connectivity index (χ3n) is 4.34. The average molecular weight is 290 g/mol. The number of amides is 1. The molecule has 3 N–H and O–H groups in total. The molecule has 3 unspecified atom stereocenters. The lowest BCUT2D eigenvalue weighted by Crippen LogP contribution is -2.38. The number of carbonyl (C=O) groups excluding carboxylic acids is 1. The van der Waals surface area contributed by atoms with Gasteiger partial charge in [-0.05, 0) is 43.9 Å². The summed E-state index contributed by atoms with van der Waals surface area (Å²) >= 11 is 0. The van der Waals surface area contributed by atoms with Gasteiger partial charge in [-0.25, -0.2) is 0 Å². The first-order valence-corrected chi connectivity index (χ1v) is 7.59. The number of hydrogen-bond acceptors (Lipinski definition) is 4. The number of ether oxygens (including phenoxy) is 2. The van der Waals surface area contributed by atoms with Gasteiger partial charge in [0.1, 0.15) is 0 Å². The highest BCUT2D eigenvalue weighted by Crippen LogP contribution is 2.34. The number of rotatable bonds is 3. The van der Waals surface area contributed by atoms with Crippen LogP contribution in [-0.4, -0.2) is 18.7 Å². The van der Waals surface area contributed by atoms with Crippen molar-refractivity contribution >= 4 is 5.91 Å². The third-order valence-corrected chi connectivity index (χ3v) is 4.34. The van der Waals surface area contributed by atoms with E-state index in [1.807, 2.05) is 25.1 Å². The third kappa shape index (κ3) is 3.13. The van der Waals surface area contributed by atoms with Gasteiger partial charge < -0.3 is 20.5 Å². The van der Waals surface area contributed by atoms with Crippen LogP contribution >= 0.6 is 0 Å². The fourth-order valence-corrected chi connectivity index (χ4v) is 3.06. The van der Waals surface area contributed by atoms with Crippen LogP contribution in [0.5, 0.6) is 11.5 Å². The Balaban J connectivity index is 1.63. The molecule has 2 aliphatic rings. The van der Waals surface area contributed by atoms with Crippen molar-refractivity contribution < 1.29 is 14.3 Å². The second-order valence-electron chi connectivity index (χ2n) is 5.97. The van der Waals surface area contributed by atoms with Crippen LogP contribution in [0.25, 0.3) is 0 Å². The molecule has 1 aromatic rings. The van der Waals surface area contributed by atoms with Gasteiger partial charge in [0.15, 0.2) is 11.5 Å². The van der Waals surface area contributed by atoms with Crippen LogP contribution in [0.4, 0.5) is 0 Å². The first-order chi connectivity index (χ1) is 10.1. The molecule has 1 heterocycles. The van der Waals surface area contributed by atoms with E-state index in [-0.39, 0.29) is 30.7 Å². The van der Waals surface area contributed by atoms with E-state index in [1.165, 1.54) is 0 Å². The van der Waals surface area contributed by atoms with Gasteiger partial charge in [0.2, 0.25) is 12.7 Å². The van der Waals surface area contributed by atoms with Crippen LogP contribution in [0.15, 0.2) is 18.2 Å². The molecule has 3 atom stereocenters. The summed E-state index contributed by atoms with van der Waals surface area (Å²) in [6, 6.07) is 5.89. The smallest absolute Gasteiger partial charge is 0.231 e. The molecule has 5 nitrogen and oxygen atoms in total.